The van der Waals surface area contributed by atoms with Crippen LogP contribution in [0.15, 0.2) is 47.4 Å². The highest BCUT2D eigenvalue weighted by Crippen LogP contribution is 2.47. The number of hydrogen-bond donors (Lipinski definition) is 1. The van der Waals surface area contributed by atoms with Crippen molar-refractivity contribution in [3.63, 3.8) is 0 Å². The predicted octanol–water partition coefficient (Wildman–Crippen LogP) is 4.58. The van der Waals surface area contributed by atoms with Crippen LogP contribution in [-0.2, 0) is 0 Å². The predicted molar refractivity (Wildman–Crippen MR) is 123 cm³/mol. The van der Waals surface area contributed by atoms with E-state index >= 15 is 0 Å². The first-order valence-electron chi connectivity index (χ1n) is 9.70. The lowest BCUT2D eigenvalue weighted by Gasteiger charge is -2.38. The van der Waals surface area contributed by atoms with Crippen molar-refractivity contribution in [3.8, 4) is 0 Å². The van der Waals surface area contributed by atoms with Crippen molar-refractivity contribution in [3.05, 3.63) is 65.0 Å². The van der Waals surface area contributed by atoms with Gasteiger partial charge >= 0.3 is 0 Å². The summed E-state index contributed by atoms with van der Waals surface area (Å²) in [4.78, 5) is 6.24. The van der Waals surface area contributed by atoms with Crippen LogP contribution in [0.25, 0.3) is 0 Å². The number of rotatable bonds is 5. The lowest BCUT2D eigenvalue weighted by atomic mass is 9.93. The maximum absolute atomic E-state index is 13.4. The lowest BCUT2D eigenvalue weighted by molar-refractivity contribution is 0.0827. The van der Waals surface area contributed by atoms with E-state index in [9.17, 15) is 9.50 Å². The number of fused-ring (bicyclic) bond motifs is 1. The molecule has 2 aliphatic rings. The summed E-state index contributed by atoms with van der Waals surface area (Å²) in [7, 11) is 0. The van der Waals surface area contributed by atoms with Crippen LogP contribution in [0.4, 0.5) is 4.39 Å². The summed E-state index contributed by atoms with van der Waals surface area (Å²) in [5.74, 6) is 0.156. The minimum absolute atomic E-state index is 0. The van der Waals surface area contributed by atoms with E-state index < -0.39 is 0 Å². The SMILES string of the molecule is CSc1ccc2c(c1)[C@@H](N1CCN(CCO)CC1)C[C@@H]2c1ccc(F)cc1.Cl.Cl. The third-order valence-corrected chi connectivity index (χ3v) is 6.75. The zero-order valence-corrected chi connectivity index (χ0v) is 19.0. The molecule has 0 aromatic heterocycles. The van der Waals surface area contributed by atoms with E-state index in [-0.39, 0.29) is 37.2 Å². The molecule has 1 N–H and O–H groups in total. The molecule has 160 valence electrons. The Bertz CT molecular complexity index is 785. The molecule has 7 heteroatoms. The molecule has 1 fully saturated rings. The summed E-state index contributed by atoms with van der Waals surface area (Å²) >= 11 is 1.79. The molecule has 2 aromatic rings. The van der Waals surface area contributed by atoms with Crippen LogP contribution in [0.2, 0.25) is 0 Å². The van der Waals surface area contributed by atoms with E-state index in [2.05, 4.69) is 34.3 Å². The highest BCUT2D eigenvalue weighted by molar-refractivity contribution is 7.98. The summed E-state index contributed by atoms with van der Waals surface area (Å²) in [5.41, 5.74) is 4.03. The summed E-state index contributed by atoms with van der Waals surface area (Å²) in [6.07, 6.45) is 3.18. The van der Waals surface area contributed by atoms with E-state index in [1.165, 1.54) is 21.6 Å². The molecule has 3 nitrogen and oxygen atoms in total. The molecule has 1 saturated heterocycles. The molecular formula is C22H29Cl2FN2OS. The second-order valence-corrected chi connectivity index (χ2v) is 8.33. The number of β-amino-alcohol motifs (C(OH)–C–C–N with tert-alkyl or cyclic N) is 1. The monoisotopic (exact) mass is 458 g/mol. The standard InChI is InChI=1S/C22H27FN2OS.2ClH/c1-27-18-6-7-19-20(16-2-4-17(23)5-3-16)15-22(21(19)14-18)25-10-8-24(9-11-25)12-13-26;;/h2-7,14,20,22,26H,8-13,15H2,1H3;2*1H/t20-,22+;;/m1../s1. The summed E-state index contributed by atoms with van der Waals surface area (Å²) in [5, 5.41) is 9.18. The Morgan fingerprint density at radius 2 is 1.69 bits per heavy atom. The maximum Gasteiger partial charge on any atom is 0.123 e. The van der Waals surface area contributed by atoms with Crippen LogP contribution < -0.4 is 0 Å². The van der Waals surface area contributed by atoms with Crippen molar-refractivity contribution < 1.29 is 9.50 Å². The minimum Gasteiger partial charge on any atom is -0.395 e. The van der Waals surface area contributed by atoms with Gasteiger partial charge in [-0.2, -0.15) is 0 Å². The van der Waals surface area contributed by atoms with Crippen molar-refractivity contribution in [1.29, 1.82) is 0 Å². The van der Waals surface area contributed by atoms with Gasteiger partial charge in [-0.15, -0.1) is 36.6 Å². The van der Waals surface area contributed by atoms with Gasteiger partial charge in [0, 0.05) is 49.6 Å². The van der Waals surface area contributed by atoms with Crippen LogP contribution in [0.5, 0.6) is 0 Å². The fourth-order valence-electron chi connectivity index (χ4n) is 4.56. The Hall–Kier alpha value is -0.820. The minimum atomic E-state index is -0.175. The fraction of sp³-hybridized carbons (Fsp3) is 0.455. The number of piperazine rings is 1. The first-order chi connectivity index (χ1) is 13.2. The van der Waals surface area contributed by atoms with E-state index in [0.717, 1.165) is 39.1 Å². The van der Waals surface area contributed by atoms with Crippen molar-refractivity contribution >= 4 is 36.6 Å². The van der Waals surface area contributed by atoms with Gasteiger partial charge in [-0.3, -0.25) is 9.80 Å². The zero-order valence-electron chi connectivity index (χ0n) is 16.6. The highest BCUT2D eigenvalue weighted by Gasteiger charge is 2.36. The fourth-order valence-corrected chi connectivity index (χ4v) is 5.01. The summed E-state index contributed by atoms with van der Waals surface area (Å²) in [6, 6.07) is 14.3. The molecular weight excluding hydrogens is 430 g/mol. The Kier molecular flexibility index (Phi) is 9.26. The van der Waals surface area contributed by atoms with Crippen molar-refractivity contribution in [2.45, 2.75) is 23.3 Å². The topological polar surface area (TPSA) is 26.7 Å². The molecule has 2 atom stereocenters. The van der Waals surface area contributed by atoms with E-state index in [4.69, 9.17) is 0 Å². The molecule has 0 spiro atoms. The van der Waals surface area contributed by atoms with Crippen molar-refractivity contribution in [1.82, 2.24) is 9.80 Å². The maximum atomic E-state index is 13.4. The van der Waals surface area contributed by atoms with Crippen LogP contribution in [0.1, 0.15) is 35.1 Å². The van der Waals surface area contributed by atoms with Crippen molar-refractivity contribution in [2.24, 2.45) is 0 Å². The van der Waals surface area contributed by atoms with Gasteiger partial charge in [0.05, 0.1) is 6.61 Å². The van der Waals surface area contributed by atoms with Gasteiger partial charge < -0.3 is 5.11 Å². The van der Waals surface area contributed by atoms with Crippen molar-refractivity contribution in [2.75, 3.05) is 45.6 Å². The molecule has 29 heavy (non-hydrogen) atoms. The van der Waals surface area contributed by atoms with E-state index in [1.54, 1.807) is 23.9 Å². The first-order valence-corrected chi connectivity index (χ1v) is 10.9. The van der Waals surface area contributed by atoms with Crippen LogP contribution in [0.3, 0.4) is 0 Å². The van der Waals surface area contributed by atoms with Gasteiger partial charge in [-0.1, -0.05) is 18.2 Å². The number of aliphatic hydroxyl groups excluding tert-OH is 1. The normalized spacial score (nSPS) is 21.9. The van der Waals surface area contributed by atoms with E-state index in [0.29, 0.717) is 12.0 Å². The smallest absolute Gasteiger partial charge is 0.123 e. The summed E-state index contributed by atoms with van der Waals surface area (Å²) < 4.78 is 13.4. The second-order valence-electron chi connectivity index (χ2n) is 7.45. The average Bonchev–Trinajstić information content (AvgIpc) is 3.08. The number of nitrogens with zero attached hydrogens (tertiary/aromatic N) is 2. The summed E-state index contributed by atoms with van der Waals surface area (Å²) in [6.45, 7) is 5.08. The quantitative estimate of drug-likeness (QED) is 0.663. The molecule has 1 heterocycles. The Labute approximate surface area is 189 Å². The number of thioether (sulfide) groups is 1. The first kappa shape index (κ1) is 24.4. The molecule has 1 aliphatic heterocycles. The van der Waals surface area contributed by atoms with Gasteiger partial charge in [0.25, 0.3) is 0 Å². The van der Waals surface area contributed by atoms with Gasteiger partial charge in [-0.25, -0.2) is 4.39 Å². The van der Waals surface area contributed by atoms with Gasteiger partial charge in [-0.05, 0) is 53.6 Å². The number of benzene rings is 2. The molecule has 0 saturated carbocycles. The van der Waals surface area contributed by atoms with Crippen LogP contribution >= 0.6 is 36.6 Å². The Balaban J connectivity index is 0.00000150. The molecule has 0 amide bonds. The van der Waals surface area contributed by atoms with Gasteiger partial charge in [0.1, 0.15) is 5.82 Å². The molecule has 2 aromatic carbocycles. The lowest BCUT2D eigenvalue weighted by Crippen LogP contribution is -2.48. The largest absolute Gasteiger partial charge is 0.395 e. The Morgan fingerprint density at radius 1 is 1.00 bits per heavy atom. The molecule has 4 rings (SSSR count). The van der Waals surface area contributed by atoms with Gasteiger partial charge in [0.2, 0.25) is 0 Å². The van der Waals surface area contributed by atoms with Crippen LogP contribution in [0, 0.1) is 5.82 Å². The average molecular weight is 459 g/mol. The second kappa shape index (κ2) is 11.0. The van der Waals surface area contributed by atoms with E-state index in [1.807, 2.05) is 12.1 Å². The third-order valence-electron chi connectivity index (χ3n) is 6.02. The highest BCUT2D eigenvalue weighted by atomic mass is 35.5. The molecule has 0 bridgehead atoms. The Morgan fingerprint density at radius 3 is 2.31 bits per heavy atom. The van der Waals surface area contributed by atoms with Crippen LogP contribution in [-0.4, -0.2) is 60.5 Å². The molecule has 1 aliphatic carbocycles. The number of halogens is 3. The number of aliphatic hydroxyl groups is 1. The molecule has 0 unspecified atom stereocenters. The zero-order chi connectivity index (χ0) is 18.8. The number of hydrogen-bond acceptors (Lipinski definition) is 4. The third kappa shape index (κ3) is 5.27. The van der Waals surface area contributed by atoms with Gasteiger partial charge in [0.15, 0.2) is 0 Å². The molecule has 0 radical (unpaired) electrons.